The molecular weight excluding hydrogens is 349 g/mol. The second-order valence-electron chi connectivity index (χ2n) is 6.42. The van der Waals surface area contributed by atoms with Gasteiger partial charge in [0.15, 0.2) is 11.2 Å². The highest BCUT2D eigenvalue weighted by molar-refractivity contribution is 5.77. The highest BCUT2D eigenvalue weighted by atomic mass is 19.1. The van der Waals surface area contributed by atoms with Crippen LogP contribution >= 0.6 is 0 Å². The van der Waals surface area contributed by atoms with Crippen LogP contribution < -0.4 is 11.2 Å². The van der Waals surface area contributed by atoms with Crippen LogP contribution in [0.25, 0.3) is 22.6 Å². The van der Waals surface area contributed by atoms with Gasteiger partial charge in [0.2, 0.25) is 5.78 Å². The average Bonchev–Trinajstić information content (AvgIpc) is 3.14. The standard InChI is InChI=1S/C19H18FN5O2/c1-5-10-23-17(26)15-16(22(4)19(23)27)21-18-24(11(2)12(3)25(15)18)14-9-7-6-8-13(14)20/h5-9H,1,10H2,2-4H3. The van der Waals surface area contributed by atoms with E-state index in [4.69, 9.17) is 0 Å². The van der Waals surface area contributed by atoms with E-state index >= 15 is 0 Å². The molecule has 0 saturated heterocycles. The molecule has 0 aliphatic heterocycles. The smallest absolute Gasteiger partial charge is 0.280 e. The van der Waals surface area contributed by atoms with Gasteiger partial charge in [-0.05, 0) is 26.0 Å². The van der Waals surface area contributed by atoms with Gasteiger partial charge in [0.25, 0.3) is 5.56 Å². The van der Waals surface area contributed by atoms with Gasteiger partial charge in [-0.3, -0.25) is 22.9 Å². The minimum Gasteiger partial charge on any atom is -0.280 e. The molecule has 3 aromatic heterocycles. The lowest BCUT2D eigenvalue weighted by molar-refractivity contribution is 0.618. The minimum atomic E-state index is -0.472. The third-order valence-corrected chi connectivity index (χ3v) is 4.92. The van der Waals surface area contributed by atoms with Crippen molar-refractivity contribution in [2.75, 3.05) is 0 Å². The van der Waals surface area contributed by atoms with Gasteiger partial charge in [-0.15, -0.1) is 6.58 Å². The molecule has 0 amide bonds. The number of fused-ring (bicyclic) bond motifs is 3. The molecule has 138 valence electrons. The van der Waals surface area contributed by atoms with Crippen LogP contribution in [-0.2, 0) is 13.6 Å². The number of allylic oxidation sites excluding steroid dienone is 1. The molecule has 0 atom stereocenters. The van der Waals surface area contributed by atoms with E-state index in [0.717, 1.165) is 16.0 Å². The van der Waals surface area contributed by atoms with Gasteiger partial charge in [-0.1, -0.05) is 18.2 Å². The average molecular weight is 367 g/mol. The third-order valence-electron chi connectivity index (χ3n) is 4.92. The van der Waals surface area contributed by atoms with E-state index in [2.05, 4.69) is 11.6 Å². The van der Waals surface area contributed by atoms with Crippen LogP contribution in [0.5, 0.6) is 0 Å². The zero-order chi connectivity index (χ0) is 19.5. The second kappa shape index (κ2) is 5.80. The Kier molecular flexibility index (Phi) is 3.66. The van der Waals surface area contributed by atoms with Crippen molar-refractivity contribution < 1.29 is 4.39 Å². The Morgan fingerprint density at radius 1 is 1.19 bits per heavy atom. The normalized spacial score (nSPS) is 11.6. The highest BCUT2D eigenvalue weighted by Crippen LogP contribution is 2.25. The van der Waals surface area contributed by atoms with Gasteiger partial charge in [-0.2, -0.15) is 4.98 Å². The van der Waals surface area contributed by atoms with Crippen molar-refractivity contribution in [3.05, 3.63) is 75.0 Å². The quantitative estimate of drug-likeness (QED) is 0.521. The fraction of sp³-hybridized carbons (Fsp3) is 0.211. The largest absolute Gasteiger partial charge is 0.332 e. The number of hydrogen-bond donors (Lipinski definition) is 0. The highest BCUT2D eigenvalue weighted by Gasteiger charge is 2.23. The predicted molar refractivity (Wildman–Crippen MR) is 101 cm³/mol. The van der Waals surface area contributed by atoms with Crippen molar-refractivity contribution in [2.45, 2.75) is 20.4 Å². The fourth-order valence-corrected chi connectivity index (χ4v) is 3.46. The van der Waals surface area contributed by atoms with Crippen molar-refractivity contribution >= 4 is 16.9 Å². The Balaban J connectivity index is 2.25. The number of para-hydroxylation sites is 1. The Bertz CT molecular complexity index is 1350. The lowest BCUT2D eigenvalue weighted by Gasteiger charge is -2.07. The molecule has 4 aromatic rings. The molecule has 0 aliphatic carbocycles. The second-order valence-corrected chi connectivity index (χ2v) is 6.42. The van der Waals surface area contributed by atoms with E-state index in [1.807, 2.05) is 13.8 Å². The lowest BCUT2D eigenvalue weighted by Crippen LogP contribution is -2.39. The van der Waals surface area contributed by atoms with Gasteiger partial charge in [0.05, 0.1) is 5.69 Å². The molecule has 0 unspecified atom stereocenters. The van der Waals surface area contributed by atoms with Gasteiger partial charge in [-0.25, -0.2) is 9.18 Å². The first-order valence-corrected chi connectivity index (χ1v) is 8.44. The number of rotatable bonds is 3. The van der Waals surface area contributed by atoms with Crippen LogP contribution in [0.3, 0.4) is 0 Å². The first-order chi connectivity index (χ1) is 12.9. The minimum absolute atomic E-state index is 0.0979. The van der Waals surface area contributed by atoms with E-state index in [-0.39, 0.29) is 17.7 Å². The van der Waals surface area contributed by atoms with Crippen molar-refractivity contribution in [3.63, 3.8) is 0 Å². The molecule has 7 nitrogen and oxygen atoms in total. The summed E-state index contributed by atoms with van der Waals surface area (Å²) in [5, 5.41) is 0. The van der Waals surface area contributed by atoms with Crippen LogP contribution in [-0.4, -0.2) is 23.1 Å². The summed E-state index contributed by atoms with van der Waals surface area (Å²) >= 11 is 0. The zero-order valence-electron chi connectivity index (χ0n) is 15.2. The number of aryl methyl sites for hydroxylation is 2. The van der Waals surface area contributed by atoms with Gasteiger partial charge in [0.1, 0.15) is 5.82 Å². The van der Waals surface area contributed by atoms with Crippen LogP contribution in [0.1, 0.15) is 11.4 Å². The molecule has 1 aromatic carbocycles. The van der Waals surface area contributed by atoms with Crippen LogP contribution in [0, 0.1) is 19.7 Å². The molecule has 27 heavy (non-hydrogen) atoms. The summed E-state index contributed by atoms with van der Waals surface area (Å²) in [5.41, 5.74) is 1.46. The molecule has 0 N–H and O–H groups in total. The van der Waals surface area contributed by atoms with Crippen molar-refractivity contribution in [1.82, 2.24) is 23.1 Å². The number of imidazole rings is 2. The van der Waals surface area contributed by atoms with E-state index in [9.17, 15) is 14.0 Å². The Morgan fingerprint density at radius 2 is 1.89 bits per heavy atom. The van der Waals surface area contributed by atoms with E-state index in [1.165, 1.54) is 16.7 Å². The summed E-state index contributed by atoms with van der Waals surface area (Å²) in [6.45, 7) is 7.38. The van der Waals surface area contributed by atoms with E-state index in [0.29, 0.717) is 11.5 Å². The predicted octanol–water partition coefficient (Wildman–Crippen LogP) is 2.08. The van der Waals surface area contributed by atoms with Crippen molar-refractivity contribution in [3.8, 4) is 5.69 Å². The van der Waals surface area contributed by atoms with Crippen LogP contribution in [0.4, 0.5) is 4.39 Å². The molecule has 0 fully saturated rings. The molecule has 0 bridgehead atoms. The molecule has 0 radical (unpaired) electrons. The molecule has 0 aliphatic rings. The van der Waals surface area contributed by atoms with E-state index in [1.54, 1.807) is 34.2 Å². The van der Waals surface area contributed by atoms with Gasteiger partial charge < -0.3 is 0 Å². The summed E-state index contributed by atoms with van der Waals surface area (Å²) in [7, 11) is 1.56. The Labute approximate surface area is 153 Å². The maximum atomic E-state index is 14.4. The number of nitrogens with zero attached hydrogens (tertiary/aromatic N) is 5. The Morgan fingerprint density at radius 3 is 2.56 bits per heavy atom. The molecule has 0 saturated carbocycles. The molecule has 0 spiro atoms. The summed E-state index contributed by atoms with van der Waals surface area (Å²) < 4.78 is 20.2. The fourth-order valence-electron chi connectivity index (χ4n) is 3.46. The summed E-state index contributed by atoms with van der Waals surface area (Å²) in [6, 6.07) is 6.37. The van der Waals surface area contributed by atoms with Gasteiger partial charge >= 0.3 is 5.69 Å². The number of hydrogen-bond acceptors (Lipinski definition) is 3. The van der Waals surface area contributed by atoms with Gasteiger partial charge in [0, 0.05) is 25.0 Å². The topological polar surface area (TPSA) is 66.2 Å². The van der Waals surface area contributed by atoms with Crippen LogP contribution in [0.15, 0.2) is 46.5 Å². The number of halogens is 1. The van der Waals surface area contributed by atoms with Crippen molar-refractivity contribution in [2.24, 2.45) is 7.05 Å². The SMILES string of the molecule is C=CCn1c(=O)c2c(nc3n(-c4ccccc4F)c(C)c(C)n23)n(C)c1=O. The zero-order valence-corrected chi connectivity index (χ0v) is 15.2. The maximum Gasteiger partial charge on any atom is 0.332 e. The maximum absolute atomic E-state index is 14.4. The number of benzene rings is 1. The first kappa shape index (κ1) is 17.0. The van der Waals surface area contributed by atoms with Crippen LogP contribution in [0.2, 0.25) is 0 Å². The molecular formula is C19H18FN5O2. The summed E-state index contributed by atoms with van der Waals surface area (Å²) in [6.07, 6.45) is 1.50. The molecule has 4 rings (SSSR count). The summed E-state index contributed by atoms with van der Waals surface area (Å²) in [4.78, 5) is 30.0. The summed E-state index contributed by atoms with van der Waals surface area (Å²) in [5.74, 6) is -0.0170. The molecule has 8 heteroatoms. The third kappa shape index (κ3) is 2.16. The van der Waals surface area contributed by atoms with E-state index < -0.39 is 17.1 Å². The first-order valence-electron chi connectivity index (χ1n) is 8.44. The Hall–Kier alpha value is -3.42. The monoisotopic (exact) mass is 367 g/mol. The number of aromatic nitrogens is 5. The molecule has 3 heterocycles. The van der Waals surface area contributed by atoms with Crippen molar-refractivity contribution in [1.29, 1.82) is 0 Å². The lowest BCUT2D eigenvalue weighted by atomic mass is 10.3.